The van der Waals surface area contributed by atoms with Gasteiger partial charge >= 0.3 is 0 Å². The van der Waals surface area contributed by atoms with Crippen LogP contribution in [0.4, 0.5) is 0 Å². The highest BCUT2D eigenvalue weighted by atomic mass is 16.5. The predicted molar refractivity (Wildman–Crippen MR) is 71.8 cm³/mol. The number of hydrogen-bond donors (Lipinski definition) is 0. The minimum absolute atomic E-state index is 0.513. The molecule has 0 N–H and O–H groups in total. The Hall–Kier alpha value is -1.84. The van der Waals surface area contributed by atoms with Gasteiger partial charge in [0.15, 0.2) is 0 Å². The molecule has 2 aromatic rings. The molecule has 1 aromatic carbocycles. The molecule has 19 heavy (non-hydrogen) atoms. The summed E-state index contributed by atoms with van der Waals surface area (Å²) in [5.74, 6) is 2.03. The topological polar surface area (TPSA) is 48.2 Å². The van der Waals surface area contributed by atoms with Crippen LogP contribution >= 0.6 is 0 Å². The van der Waals surface area contributed by atoms with Crippen molar-refractivity contribution in [3.05, 3.63) is 30.7 Å². The summed E-state index contributed by atoms with van der Waals surface area (Å²) in [4.78, 5) is 0. The molecule has 0 atom stereocenters. The number of benzene rings is 1. The minimum atomic E-state index is 0.513. The Kier molecular flexibility index (Phi) is 3.77. The van der Waals surface area contributed by atoms with Gasteiger partial charge in [0.25, 0.3) is 5.89 Å². The summed E-state index contributed by atoms with van der Waals surface area (Å²) in [6, 6.07) is 7.83. The standard InChI is InChI=1S/C15H18N2O2/c1-2-6-12(7-3-1)10-18-14-9-5-4-8-13(14)15-17-16-11-19-15/h4-5,8-9,11-12H,1-3,6-7,10H2. The van der Waals surface area contributed by atoms with Gasteiger partial charge in [-0.1, -0.05) is 31.4 Å². The van der Waals surface area contributed by atoms with Crippen molar-refractivity contribution in [1.82, 2.24) is 10.2 Å². The lowest BCUT2D eigenvalue weighted by Gasteiger charge is -2.22. The molecule has 4 heteroatoms. The normalized spacial score (nSPS) is 16.4. The lowest BCUT2D eigenvalue weighted by Crippen LogP contribution is -2.15. The molecule has 1 aliphatic rings. The largest absolute Gasteiger partial charge is 0.492 e. The molecule has 0 spiro atoms. The smallest absolute Gasteiger partial charge is 0.251 e. The quantitative estimate of drug-likeness (QED) is 0.839. The summed E-state index contributed by atoms with van der Waals surface area (Å²) in [6.07, 6.45) is 7.94. The van der Waals surface area contributed by atoms with Crippen LogP contribution in [-0.4, -0.2) is 16.8 Å². The number of ether oxygens (including phenoxy) is 1. The summed E-state index contributed by atoms with van der Waals surface area (Å²) in [7, 11) is 0. The molecular formula is C15H18N2O2. The van der Waals surface area contributed by atoms with E-state index in [0.29, 0.717) is 11.8 Å². The molecular weight excluding hydrogens is 240 g/mol. The maximum atomic E-state index is 5.97. The summed E-state index contributed by atoms with van der Waals surface area (Å²) in [5, 5.41) is 7.66. The second kappa shape index (κ2) is 5.87. The fourth-order valence-corrected chi connectivity index (χ4v) is 2.62. The SMILES string of the molecule is c1ccc(-c2nnco2)c(OCC2CCCCC2)c1. The molecule has 3 rings (SSSR count). The second-order valence-electron chi connectivity index (χ2n) is 5.06. The Balaban J connectivity index is 1.70. The maximum absolute atomic E-state index is 5.97. The van der Waals surface area contributed by atoms with Crippen molar-refractivity contribution >= 4 is 0 Å². The fraction of sp³-hybridized carbons (Fsp3) is 0.467. The highest BCUT2D eigenvalue weighted by Crippen LogP contribution is 2.30. The van der Waals surface area contributed by atoms with Gasteiger partial charge in [-0.25, -0.2) is 0 Å². The van der Waals surface area contributed by atoms with E-state index in [1.807, 2.05) is 24.3 Å². The molecule has 0 saturated heterocycles. The second-order valence-corrected chi connectivity index (χ2v) is 5.06. The van der Waals surface area contributed by atoms with Crippen LogP contribution in [0, 0.1) is 5.92 Å². The molecule has 0 amide bonds. The lowest BCUT2D eigenvalue weighted by molar-refractivity contribution is 0.209. The molecule has 0 bridgehead atoms. The van der Waals surface area contributed by atoms with Crippen LogP contribution in [0.1, 0.15) is 32.1 Å². The van der Waals surface area contributed by atoms with E-state index in [1.54, 1.807) is 0 Å². The van der Waals surface area contributed by atoms with Crippen LogP contribution in [0.25, 0.3) is 11.5 Å². The average molecular weight is 258 g/mol. The Labute approximate surface area is 112 Å². The third-order valence-electron chi connectivity index (χ3n) is 3.68. The van der Waals surface area contributed by atoms with Gasteiger partial charge < -0.3 is 9.15 Å². The van der Waals surface area contributed by atoms with E-state index in [0.717, 1.165) is 17.9 Å². The first-order valence-corrected chi connectivity index (χ1v) is 6.92. The Morgan fingerprint density at radius 2 is 2.00 bits per heavy atom. The van der Waals surface area contributed by atoms with Crippen molar-refractivity contribution in [2.24, 2.45) is 5.92 Å². The average Bonchev–Trinajstić information content (AvgIpc) is 3.01. The van der Waals surface area contributed by atoms with Gasteiger partial charge in [0, 0.05) is 0 Å². The summed E-state index contributed by atoms with van der Waals surface area (Å²) in [5.41, 5.74) is 0.871. The van der Waals surface area contributed by atoms with Crippen LogP contribution in [0.3, 0.4) is 0 Å². The zero-order valence-corrected chi connectivity index (χ0v) is 10.9. The van der Waals surface area contributed by atoms with E-state index in [4.69, 9.17) is 9.15 Å². The first kappa shape index (κ1) is 12.2. The highest BCUT2D eigenvalue weighted by Gasteiger charge is 2.16. The summed E-state index contributed by atoms with van der Waals surface area (Å²) < 4.78 is 11.2. The summed E-state index contributed by atoms with van der Waals surface area (Å²) in [6.45, 7) is 0.783. The first-order chi connectivity index (χ1) is 9.43. The van der Waals surface area contributed by atoms with E-state index in [9.17, 15) is 0 Å². The fourth-order valence-electron chi connectivity index (χ4n) is 2.62. The van der Waals surface area contributed by atoms with Crippen LogP contribution < -0.4 is 4.74 Å². The van der Waals surface area contributed by atoms with Gasteiger partial charge in [-0.3, -0.25) is 0 Å². The van der Waals surface area contributed by atoms with Gasteiger partial charge in [-0.05, 0) is 30.9 Å². The van der Waals surface area contributed by atoms with E-state index in [2.05, 4.69) is 10.2 Å². The van der Waals surface area contributed by atoms with Crippen LogP contribution in [0.15, 0.2) is 35.1 Å². The molecule has 1 saturated carbocycles. The molecule has 0 unspecified atom stereocenters. The van der Waals surface area contributed by atoms with Gasteiger partial charge in [0.2, 0.25) is 6.39 Å². The first-order valence-electron chi connectivity index (χ1n) is 6.92. The number of para-hydroxylation sites is 1. The Bertz CT molecular complexity index is 505. The van der Waals surface area contributed by atoms with Crippen molar-refractivity contribution in [1.29, 1.82) is 0 Å². The van der Waals surface area contributed by atoms with Crippen molar-refractivity contribution in [3.8, 4) is 17.2 Å². The van der Waals surface area contributed by atoms with Gasteiger partial charge in [-0.15, -0.1) is 10.2 Å². The molecule has 1 fully saturated rings. The Morgan fingerprint density at radius 1 is 1.16 bits per heavy atom. The maximum Gasteiger partial charge on any atom is 0.251 e. The van der Waals surface area contributed by atoms with Crippen molar-refractivity contribution < 1.29 is 9.15 Å². The highest BCUT2D eigenvalue weighted by molar-refractivity contribution is 5.61. The van der Waals surface area contributed by atoms with E-state index in [-0.39, 0.29) is 0 Å². The number of aromatic nitrogens is 2. The molecule has 1 aliphatic carbocycles. The number of hydrogen-bond acceptors (Lipinski definition) is 4. The molecule has 0 radical (unpaired) electrons. The van der Waals surface area contributed by atoms with E-state index < -0.39 is 0 Å². The third-order valence-corrected chi connectivity index (χ3v) is 3.68. The molecule has 0 aliphatic heterocycles. The van der Waals surface area contributed by atoms with Gasteiger partial charge in [0.05, 0.1) is 12.2 Å². The van der Waals surface area contributed by atoms with E-state index >= 15 is 0 Å². The predicted octanol–water partition coefficient (Wildman–Crippen LogP) is 3.70. The van der Waals surface area contributed by atoms with E-state index in [1.165, 1.54) is 38.5 Å². The van der Waals surface area contributed by atoms with Crippen LogP contribution in [0.2, 0.25) is 0 Å². The molecule has 1 aromatic heterocycles. The number of nitrogens with zero attached hydrogens (tertiary/aromatic N) is 2. The minimum Gasteiger partial charge on any atom is -0.492 e. The Morgan fingerprint density at radius 3 is 2.79 bits per heavy atom. The van der Waals surface area contributed by atoms with Gasteiger partial charge in [0.1, 0.15) is 5.75 Å². The lowest BCUT2D eigenvalue weighted by atomic mass is 9.90. The molecule has 1 heterocycles. The molecule has 4 nitrogen and oxygen atoms in total. The summed E-state index contributed by atoms with van der Waals surface area (Å²) >= 11 is 0. The van der Waals surface area contributed by atoms with Gasteiger partial charge in [-0.2, -0.15) is 0 Å². The number of rotatable bonds is 4. The monoisotopic (exact) mass is 258 g/mol. The third kappa shape index (κ3) is 2.95. The van der Waals surface area contributed by atoms with Crippen LogP contribution in [0.5, 0.6) is 5.75 Å². The van der Waals surface area contributed by atoms with Crippen molar-refractivity contribution in [2.75, 3.05) is 6.61 Å². The zero-order chi connectivity index (χ0) is 12.9. The van der Waals surface area contributed by atoms with Crippen molar-refractivity contribution in [3.63, 3.8) is 0 Å². The zero-order valence-electron chi connectivity index (χ0n) is 10.9. The van der Waals surface area contributed by atoms with Crippen LogP contribution in [-0.2, 0) is 0 Å². The van der Waals surface area contributed by atoms with Crippen molar-refractivity contribution in [2.45, 2.75) is 32.1 Å². The molecule has 100 valence electrons.